The van der Waals surface area contributed by atoms with Crippen LogP contribution in [0.1, 0.15) is 6.42 Å². The molecule has 14 heavy (non-hydrogen) atoms. The van der Waals surface area contributed by atoms with Crippen molar-refractivity contribution in [1.29, 1.82) is 0 Å². The quantitative estimate of drug-likeness (QED) is 0.313. The van der Waals surface area contributed by atoms with E-state index in [1.807, 2.05) is 0 Å². The van der Waals surface area contributed by atoms with Crippen molar-refractivity contribution in [3.63, 3.8) is 0 Å². The first-order chi connectivity index (χ1) is 6.85. The van der Waals surface area contributed by atoms with E-state index in [2.05, 4.69) is 10.2 Å². The Bertz CT molecular complexity index is 103. The molecule has 5 heteroatoms. The molecule has 0 fully saturated rings. The van der Waals surface area contributed by atoms with Gasteiger partial charge in [-0.3, -0.25) is 0 Å². The second-order valence-electron chi connectivity index (χ2n) is 3.31. The van der Waals surface area contributed by atoms with Crippen LogP contribution >= 0.6 is 0 Å². The topological polar surface area (TPSA) is 93.3 Å². The van der Waals surface area contributed by atoms with Gasteiger partial charge in [-0.2, -0.15) is 0 Å². The zero-order valence-corrected chi connectivity index (χ0v) is 9.04. The Morgan fingerprint density at radius 3 is 1.93 bits per heavy atom. The molecule has 0 aliphatic heterocycles. The van der Waals surface area contributed by atoms with Crippen molar-refractivity contribution in [3.8, 4) is 0 Å². The largest absolute Gasteiger partial charge is 0.329 e. The highest BCUT2D eigenvalue weighted by molar-refractivity contribution is 4.60. The van der Waals surface area contributed by atoms with Gasteiger partial charge in [-0.25, -0.2) is 0 Å². The third-order valence-electron chi connectivity index (χ3n) is 2.04. The van der Waals surface area contributed by atoms with Crippen LogP contribution in [0.15, 0.2) is 0 Å². The lowest BCUT2D eigenvalue weighted by molar-refractivity contribution is 0.284. The van der Waals surface area contributed by atoms with Gasteiger partial charge in [0.05, 0.1) is 0 Å². The third-order valence-corrected chi connectivity index (χ3v) is 2.04. The molecule has 5 nitrogen and oxygen atoms in total. The maximum Gasteiger partial charge on any atom is 0.0105 e. The number of hydrogen-bond donors (Lipinski definition) is 4. The van der Waals surface area contributed by atoms with E-state index in [0.29, 0.717) is 19.6 Å². The van der Waals surface area contributed by atoms with E-state index in [0.717, 1.165) is 39.1 Å². The van der Waals surface area contributed by atoms with Crippen LogP contribution in [0, 0.1) is 0 Å². The van der Waals surface area contributed by atoms with Crippen LogP contribution in [-0.2, 0) is 0 Å². The van der Waals surface area contributed by atoms with Gasteiger partial charge in [0.25, 0.3) is 0 Å². The minimum atomic E-state index is 0.704. The second kappa shape index (κ2) is 10.9. The molecular formula is C9H25N5. The van der Waals surface area contributed by atoms with Crippen molar-refractivity contribution >= 4 is 0 Å². The number of hydrogen-bond acceptors (Lipinski definition) is 5. The number of rotatable bonds is 10. The first-order valence-electron chi connectivity index (χ1n) is 5.38. The van der Waals surface area contributed by atoms with Crippen LogP contribution in [-0.4, -0.2) is 57.3 Å². The van der Waals surface area contributed by atoms with E-state index >= 15 is 0 Å². The molecule has 0 aromatic rings. The Balaban J connectivity index is 3.30. The van der Waals surface area contributed by atoms with Gasteiger partial charge in [0.15, 0.2) is 0 Å². The lowest BCUT2D eigenvalue weighted by Gasteiger charge is -2.20. The minimum absolute atomic E-state index is 0.704. The standard InChI is InChI=1S/C9H25N5/c10-2-6-13-5-1-7-14(8-3-11)9-4-12/h13H,1-12H2. The monoisotopic (exact) mass is 203 g/mol. The van der Waals surface area contributed by atoms with Crippen LogP contribution in [0.25, 0.3) is 0 Å². The molecule has 0 bridgehead atoms. The summed E-state index contributed by atoms with van der Waals surface area (Å²) in [6.07, 6.45) is 1.12. The highest BCUT2D eigenvalue weighted by atomic mass is 15.1. The highest BCUT2D eigenvalue weighted by Crippen LogP contribution is 1.88. The molecule has 7 N–H and O–H groups in total. The van der Waals surface area contributed by atoms with E-state index in [9.17, 15) is 0 Å². The maximum absolute atomic E-state index is 5.50. The molecule has 0 heterocycles. The normalized spacial score (nSPS) is 11.1. The molecular weight excluding hydrogens is 178 g/mol. The predicted octanol–water partition coefficient (Wildman–Crippen LogP) is -1.86. The summed E-state index contributed by atoms with van der Waals surface area (Å²) in [7, 11) is 0. The van der Waals surface area contributed by atoms with E-state index in [1.54, 1.807) is 0 Å². The predicted molar refractivity (Wildman–Crippen MR) is 61.1 cm³/mol. The zero-order valence-electron chi connectivity index (χ0n) is 9.04. The summed E-state index contributed by atoms with van der Waals surface area (Å²) in [5, 5.41) is 3.26. The smallest absolute Gasteiger partial charge is 0.0105 e. The van der Waals surface area contributed by atoms with Crippen molar-refractivity contribution in [1.82, 2.24) is 10.2 Å². The summed E-state index contributed by atoms with van der Waals surface area (Å²) >= 11 is 0. The summed E-state index contributed by atoms with van der Waals surface area (Å²) in [6.45, 7) is 6.96. The second-order valence-corrected chi connectivity index (χ2v) is 3.31. The Hall–Kier alpha value is -0.200. The minimum Gasteiger partial charge on any atom is -0.329 e. The summed E-state index contributed by atoms with van der Waals surface area (Å²) in [5.41, 5.74) is 16.4. The van der Waals surface area contributed by atoms with E-state index < -0.39 is 0 Å². The summed E-state index contributed by atoms with van der Waals surface area (Å²) in [6, 6.07) is 0. The maximum atomic E-state index is 5.50. The molecule has 0 unspecified atom stereocenters. The summed E-state index contributed by atoms with van der Waals surface area (Å²) in [5.74, 6) is 0. The first-order valence-corrected chi connectivity index (χ1v) is 5.38. The first kappa shape index (κ1) is 13.8. The Labute approximate surface area is 87.0 Å². The molecule has 0 spiro atoms. The van der Waals surface area contributed by atoms with Crippen LogP contribution in [0.3, 0.4) is 0 Å². The number of nitrogens with zero attached hydrogens (tertiary/aromatic N) is 1. The lowest BCUT2D eigenvalue weighted by Crippen LogP contribution is -2.36. The average Bonchev–Trinajstić information content (AvgIpc) is 2.18. The molecule has 0 aliphatic rings. The molecule has 86 valence electrons. The highest BCUT2D eigenvalue weighted by Gasteiger charge is 2.01. The molecule has 0 saturated heterocycles. The van der Waals surface area contributed by atoms with Crippen molar-refractivity contribution in [2.24, 2.45) is 17.2 Å². The molecule has 0 aromatic heterocycles. The van der Waals surface area contributed by atoms with Crippen LogP contribution in [0.2, 0.25) is 0 Å². The molecule has 0 saturated carbocycles. The van der Waals surface area contributed by atoms with Gasteiger partial charge in [-0.1, -0.05) is 0 Å². The molecule has 0 aromatic carbocycles. The summed E-state index contributed by atoms with van der Waals surface area (Å²) in [4.78, 5) is 2.30. The molecule has 0 aliphatic carbocycles. The van der Waals surface area contributed by atoms with Gasteiger partial charge in [0.2, 0.25) is 0 Å². The van der Waals surface area contributed by atoms with Gasteiger partial charge >= 0.3 is 0 Å². The fourth-order valence-electron chi connectivity index (χ4n) is 1.36. The number of nitrogens with two attached hydrogens (primary N) is 3. The Morgan fingerprint density at radius 1 is 0.786 bits per heavy atom. The summed E-state index contributed by atoms with van der Waals surface area (Å²) < 4.78 is 0. The third kappa shape index (κ3) is 8.40. The van der Waals surface area contributed by atoms with Gasteiger partial charge in [-0.15, -0.1) is 0 Å². The van der Waals surface area contributed by atoms with Crippen molar-refractivity contribution < 1.29 is 0 Å². The van der Waals surface area contributed by atoms with Crippen molar-refractivity contribution in [2.75, 3.05) is 52.4 Å². The van der Waals surface area contributed by atoms with Gasteiger partial charge < -0.3 is 27.4 Å². The Morgan fingerprint density at radius 2 is 1.43 bits per heavy atom. The lowest BCUT2D eigenvalue weighted by atomic mass is 10.3. The van der Waals surface area contributed by atoms with E-state index in [-0.39, 0.29) is 0 Å². The van der Waals surface area contributed by atoms with Crippen molar-refractivity contribution in [3.05, 3.63) is 0 Å². The zero-order chi connectivity index (χ0) is 10.6. The fraction of sp³-hybridized carbons (Fsp3) is 1.00. The molecule has 0 rings (SSSR count). The molecule has 0 amide bonds. The molecule has 0 radical (unpaired) electrons. The SMILES string of the molecule is NCCNCCCN(CCN)CCN. The van der Waals surface area contributed by atoms with Crippen LogP contribution < -0.4 is 22.5 Å². The fourth-order valence-corrected chi connectivity index (χ4v) is 1.36. The molecule has 0 atom stereocenters. The van der Waals surface area contributed by atoms with E-state index in [4.69, 9.17) is 17.2 Å². The van der Waals surface area contributed by atoms with E-state index in [1.165, 1.54) is 0 Å². The van der Waals surface area contributed by atoms with Gasteiger partial charge in [-0.05, 0) is 19.5 Å². The van der Waals surface area contributed by atoms with Crippen molar-refractivity contribution in [2.45, 2.75) is 6.42 Å². The Kier molecular flexibility index (Phi) is 10.7. The number of nitrogens with one attached hydrogen (secondary N) is 1. The van der Waals surface area contributed by atoms with Gasteiger partial charge in [0, 0.05) is 39.3 Å². The van der Waals surface area contributed by atoms with Crippen LogP contribution in [0.5, 0.6) is 0 Å². The average molecular weight is 203 g/mol. The van der Waals surface area contributed by atoms with Crippen LogP contribution in [0.4, 0.5) is 0 Å². The van der Waals surface area contributed by atoms with Gasteiger partial charge in [0.1, 0.15) is 0 Å².